The minimum Gasteiger partial charge on any atom is -0.507 e. The third-order valence-corrected chi connectivity index (χ3v) is 9.59. The van der Waals surface area contributed by atoms with Gasteiger partial charge in [-0.05, 0) is 64.8 Å². The lowest BCUT2D eigenvalue weighted by molar-refractivity contribution is -0.0528. The first kappa shape index (κ1) is 29.8. The highest BCUT2D eigenvalue weighted by Crippen LogP contribution is 2.48. The fourth-order valence-corrected chi connectivity index (χ4v) is 7.08. The Balaban J connectivity index is 1.39. The highest BCUT2D eigenvalue weighted by molar-refractivity contribution is 6.03. The maximum atomic E-state index is 14.3. The molecule has 0 aliphatic carbocycles. The normalized spacial score (nSPS) is 19.5. The average Bonchev–Trinajstić information content (AvgIpc) is 3.00. The van der Waals surface area contributed by atoms with Crippen LogP contribution in [0.25, 0.3) is 43.7 Å². The van der Waals surface area contributed by atoms with E-state index in [1.807, 2.05) is 13.8 Å². The van der Waals surface area contributed by atoms with Crippen molar-refractivity contribution in [2.75, 3.05) is 5.32 Å². The number of ether oxygens (including phenoxy) is 2. The van der Waals surface area contributed by atoms with E-state index in [0.717, 1.165) is 0 Å². The average molecular weight is 653 g/mol. The number of aliphatic hydroxyl groups excluding tert-OH is 1. The first-order valence-electron chi connectivity index (χ1n) is 15.5. The molecule has 2 atom stereocenters. The first-order chi connectivity index (χ1) is 22.7. The molecule has 2 aromatic heterocycles. The number of aromatic nitrogens is 1. The molecule has 246 valence electrons. The SMILES string of the molecule is CC1(C)CCc2c(cc3oc4c(O)ccc(N[C@@H]5c6c(cc(O)c7c(=O)c8cccc(O)c8[nH]c67)OC(C)(C)[C@@H]5O)c4c(=O)c3c2O)O1. The summed E-state index contributed by atoms with van der Waals surface area (Å²) in [6, 6.07) is 8.98. The summed E-state index contributed by atoms with van der Waals surface area (Å²) in [5.41, 5.74) is -1.95. The molecule has 12 heteroatoms. The van der Waals surface area contributed by atoms with Crippen LogP contribution in [-0.2, 0) is 6.42 Å². The van der Waals surface area contributed by atoms with Crippen LogP contribution in [0.5, 0.6) is 34.5 Å². The molecule has 4 heterocycles. The molecule has 0 unspecified atom stereocenters. The van der Waals surface area contributed by atoms with Gasteiger partial charge < -0.3 is 49.7 Å². The van der Waals surface area contributed by atoms with Crippen LogP contribution in [0.2, 0.25) is 0 Å². The van der Waals surface area contributed by atoms with Crippen molar-refractivity contribution in [3.8, 4) is 34.5 Å². The molecule has 2 aliphatic rings. The van der Waals surface area contributed by atoms with E-state index >= 15 is 0 Å². The van der Waals surface area contributed by atoms with E-state index in [1.165, 1.54) is 36.4 Å². The molecule has 48 heavy (non-hydrogen) atoms. The quantitative estimate of drug-likeness (QED) is 0.0915. The number of nitrogens with one attached hydrogen (secondary N) is 2. The number of aromatic amines is 1. The molecule has 0 radical (unpaired) electrons. The van der Waals surface area contributed by atoms with Gasteiger partial charge in [0.05, 0.1) is 33.2 Å². The van der Waals surface area contributed by atoms with Crippen molar-refractivity contribution in [3.63, 3.8) is 0 Å². The standard InChI is InChI=1S/C36H32N2O10/c1-35(2)11-10-14-20(47-35)13-21-26(30(14)42)32(44)23-16(8-9-18(40)33(23)46-21)37-29-25-22(48-36(3,4)34(29)45)12-19(41)24-28(25)38-27-15(31(24)43)6-5-7-17(27)39/h5-9,12-13,29,34,37,39-42,45H,10-11H2,1-4H3,(H,38,43)/t29-,34-/m1/s1. The van der Waals surface area contributed by atoms with Crippen LogP contribution in [0.4, 0.5) is 5.69 Å². The predicted octanol–water partition coefficient (Wildman–Crippen LogP) is 5.55. The second kappa shape index (κ2) is 9.71. The Morgan fingerprint density at radius 1 is 0.833 bits per heavy atom. The summed E-state index contributed by atoms with van der Waals surface area (Å²) >= 11 is 0. The maximum absolute atomic E-state index is 14.3. The van der Waals surface area contributed by atoms with Crippen molar-refractivity contribution in [1.29, 1.82) is 0 Å². The molecule has 0 spiro atoms. The number of H-pyrrole nitrogens is 1. The first-order valence-corrected chi connectivity index (χ1v) is 15.5. The van der Waals surface area contributed by atoms with Crippen molar-refractivity contribution in [1.82, 2.24) is 4.98 Å². The minimum absolute atomic E-state index is 0.0252. The van der Waals surface area contributed by atoms with Gasteiger partial charge in [-0.15, -0.1) is 0 Å². The molecular weight excluding hydrogens is 620 g/mol. The van der Waals surface area contributed by atoms with Gasteiger partial charge in [0, 0.05) is 28.9 Å². The van der Waals surface area contributed by atoms with E-state index in [9.17, 15) is 35.1 Å². The zero-order valence-electron chi connectivity index (χ0n) is 26.4. The zero-order valence-corrected chi connectivity index (χ0v) is 26.4. The number of para-hydroxylation sites is 1. The zero-order chi connectivity index (χ0) is 34.0. The number of benzene rings is 4. The van der Waals surface area contributed by atoms with Gasteiger partial charge in [0.2, 0.25) is 10.9 Å². The van der Waals surface area contributed by atoms with Crippen molar-refractivity contribution in [3.05, 3.63) is 74.0 Å². The maximum Gasteiger partial charge on any atom is 0.206 e. The predicted molar refractivity (Wildman–Crippen MR) is 179 cm³/mol. The summed E-state index contributed by atoms with van der Waals surface area (Å²) in [4.78, 5) is 31.0. The highest BCUT2D eigenvalue weighted by Gasteiger charge is 2.45. The number of anilines is 1. The largest absolute Gasteiger partial charge is 0.507 e. The number of phenolic OH excluding ortho intramolecular Hbond substituents is 4. The molecule has 0 amide bonds. The van der Waals surface area contributed by atoms with Gasteiger partial charge in [0.15, 0.2) is 11.3 Å². The molecule has 2 aliphatic heterocycles. The van der Waals surface area contributed by atoms with E-state index in [2.05, 4.69) is 10.3 Å². The number of pyridine rings is 1. The number of aromatic hydroxyl groups is 4. The third-order valence-electron chi connectivity index (χ3n) is 9.59. The van der Waals surface area contributed by atoms with Gasteiger partial charge >= 0.3 is 0 Å². The molecule has 0 saturated carbocycles. The smallest absolute Gasteiger partial charge is 0.206 e. The number of phenols is 4. The van der Waals surface area contributed by atoms with Crippen LogP contribution in [0.1, 0.15) is 51.3 Å². The van der Waals surface area contributed by atoms with Crippen molar-refractivity contribution >= 4 is 49.4 Å². The third kappa shape index (κ3) is 4.11. The van der Waals surface area contributed by atoms with Gasteiger partial charge in [0.1, 0.15) is 57.0 Å². The van der Waals surface area contributed by atoms with E-state index in [-0.39, 0.29) is 83.7 Å². The second-order valence-corrected chi connectivity index (χ2v) is 13.7. The Morgan fingerprint density at radius 3 is 2.38 bits per heavy atom. The lowest BCUT2D eigenvalue weighted by Gasteiger charge is -2.43. The fourth-order valence-electron chi connectivity index (χ4n) is 7.08. The minimum atomic E-state index is -1.31. The summed E-state index contributed by atoms with van der Waals surface area (Å²) in [5, 5.41) is 58.8. The van der Waals surface area contributed by atoms with Crippen LogP contribution in [0.3, 0.4) is 0 Å². The van der Waals surface area contributed by atoms with Gasteiger partial charge in [-0.1, -0.05) is 6.07 Å². The van der Waals surface area contributed by atoms with Gasteiger partial charge in [-0.3, -0.25) is 9.59 Å². The molecule has 0 saturated heterocycles. The van der Waals surface area contributed by atoms with E-state index in [4.69, 9.17) is 13.9 Å². The summed E-state index contributed by atoms with van der Waals surface area (Å²) in [5.74, 6) is -0.634. The Morgan fingerprint density at radius 2 is 1.60 bits per heavy atom. The van der Waals surface area contributed by atoms with Gasteiger partial charge in [0.25, 0.3) is 0 Å². The summed E-state index contributed by atoms with van der Waals surface area (Å²) in [6.07, 6.45) is -0.227. The number of fused-ring (bicyclic) bond motifs is 7. The monoisotopic (exact) mass is 652 g/mol. The fraction of sp³-hybridized carbons (Fsp3) is 0.278. The van der Waals surface area contributed by atoms with Crippen molar-refractivity contribution < 1.29 is 39.4 Å². The van der Waals surface area contributed by atoms with Crippen LogP contribution >= 0.6 is 0 Å². The number of hydrogen-bond acceptors (Lipinski definition) is 11. The van der Waals surface area contributed by atoms with Crippen LogP contribution < -0.4 is 25.6 Å². The Hall–Kier alpha value is -5.62. The summed E-state index contributed by atoms with van der Waals surface area (Å²) in [7, 11) is 0. The van der Waals surface area contributed by atoms with E-state index in [1.54, 1.807) is 19.9 Å². The Bertz CT molecular complexity index is 2510. The van der Waals surface area contributed by atoms with E-state index in [0.29, 0.717) is 24.2 Å². The molecule has 7 N–H and O–H groups in total. The Kier molecular flexibility index (Phi) is 6.02. The lowest BCUT2D eigenvalue weighted by Crippen LogP contribution is -2.51. The summed E-state index contributed by atoms with van der Waals surface area (Å²) < 4.78 is 18.3. The second-order valence-electron chi connectivity index (χ2n) is 13.7. The van der Waals surface area contributed by atoms with E-state index < -0.39 is 34.2 Å². The van der Waals surface area contributed by atoms with Crippen LogP contribution in [0, 0.1) is 0 Å². The molecule has 12 nitrogen and oxygen atoms in total. The molecule has 8 rings (SSSR count). The Labute approximate surface area is 271 Å². The molecular formula is C36H32N2O10. The number of hydrogen-bond donors (Lipinski definition) is 7. The molecule has 0 bridgehead atoms. The number of aliphatic hydroxyl groups is 1. The highest BCUT2D eigenvalue weighted by atomic mass is 16.5. The van der Waals surface area contributed by atoms with Crippen molar-refractivity contribution in [2.45, 2.75) is 63.9 Å². The topological polar surface area (TPSA) is 195 Å². The van der Waals surface area contributed by atoms with Crippen molar-refractivity contribution in [2.24, 2.45) is 0 Å². The molecule has 4 aromatic carbocycles. The molecule has 0 fully saturated rings. The van der Waals surface area contributed by atoms with Crippen LogP contribution in [-0.4, -0.2) is 47.8 Å². The van der Waals surface area contributed by atoms with Crippen LogP contribution in [0.15, 0.2) is 56.5 Å². The summed E-state index contributed by atoms with van der Waals surface area (Å²) in [6.45, 7) is 7.14. The van der Waals surface area contributed by atoms with Gasteiger partial charge in [-0.2, -0.15) is 0 Å². The molecule has 6 aromatic rings. The lowest BCUT2D eigenvalue weighted by atomic mass is 9.84. The number of rotatable bonds is 2. The van der Waals surface area contributed by atoms with Gasteiger partial charge in [-0.25, -0.2) is 0 Å².